The average Bonchev–Trinajstić information content (AvgIpc) is 2.48. The first-order valence-corrected chi connectivity index (χ1v) is 9.44. The van der Waals surface area contributed by atoms with Gasteiger partial charge in [0.2, 0.25) is 0 Å². The largest absolute Gasteiger partial charge is 0.361 e. The van der Waals surface area contributed by atoms with Gasteiger partial charge in [0, 0.05) is 28.8 Å². The Balaban J connectivity index is 2.35. The molecule has 3 nitrogen and oxygen atoms in total. The number of hydrogen-bond acceptors (Lipinski definition) is 2. The number of halogens is 2. The summed E-state index contributed by atoms with van der Waals surface area (Å²) in [5.41, 5.74) is 0.800. The number of nitrogens with zero attached hydrogens (tertiary/aromatic N) is 1. The van der Waals surface area contributed by atoms with Crippen molar-refractivity contribution in [2.24, 2.45) is 0 Å². The Kier molecular flexibility index (Phi) is 10.6. The van der Waals surface area contributed by atoms with Gasteiger partial charge < -0.3 is 15.5 Å². The smallest absolute Gasteiger partial charge is 0.170 e. The second-order valence-corrected chi connectivity index (χ2v) is 6.87. The minimum atomic E-state index is 0.591. The molecule has 0 aromatic heterocycles. The standard InChI is InChI=1S/C17H27Cl2N3S/c1-3-5-8-22(9-6-4-2)10-7-20-17(23)21-16-12-14(18)11-15(19)13-16/h11-13H,3-10H2,1-2H3,(H2,20,21,23). The number of anilines is 1. The molecule has 0 aliphatic heterocycles. The molecule has 0 bridgehead atoms. The number of nitrogens with one attached hydrogen (secondary N) is 2. The minimum absolute atomic E-state index is 0.591. The molecule has 2 N–H and O–H groups in total. The van der Waals surface area contributed by atoms with Gasteiger partial charge in [-0.15, -0.1) is 0 Å². The number of rotatable bonds is 10. The molecule has 1 rings (SSSR count). The van der Waals surface area contributed by atoms with Gasteiger partial charge in [-0.05, 0) is 56.3 Å². The van der Waals surface area contributed by atoms with Crippen LogP contribution in [0.4, 0.5) is 5.69 Å². The van der Waals surface area contributed by atoms with Crippen molar-refractivity contribution in [1.29, 1.82) is 0 Å². The fourth-order valence-corrected chi connectivity index (χ4v) is 2.97. The van der Waals surface area contributed by atoms with Crippen LogP contribution in [0.15, 0.2) is 18.2 Å². The Morgan fingerprint density at radius 3 is 2.09 bits per heavy atom. The second-order valence-electron chi connectivity index (χ2n) is 5.59. The molecule has 0 fully saturated rings. The molecule has 0 atom stereocenters. The van der Waals surface area contributed by atoms with E-state index in [2.05, 4.69) is 29.4 Å². The van der Waals surface area contributed by atoms with Gasteiger partial charge in [-0.3, -0.25) is 0 Å². The van der Waals surface area contributed by atoms with Gasteiger partial charge in [0.15, 0.2) is 5.11 Å². The van der Waals surface area contributed by atoms with E-state index in [1.165, 1.54) is 25.7 Å². The molecule has 0 heterocycles. The molecule has 0 unspecified atom stereocenters. The van der Waals surface area contributed by atoms with Gasteiger partial charge in [-0.2, -0.15) is 0 Å². The van der Waals surface area contributed by atoms with Crippen molar-refractivity contribution in [3.05, 3.63) is 28.2 Å². The molecule has 6 heteroatoms. The summed E-state index contributed by atoms with van der Waals surface area (Å²) < 4.78 is 0. The molecule has 1 aromatic rings. The Bertz CT molecular complexity index is 455. The van der Waals surface area contributed by atoms with Crippen LogP contribution in [-0.2, 0) is 0 Å². The lowest BCUT2D eigenvalue weighted by molar-refractivity contribution is 0.269. The Morgan fingerprint density at radius 2 is 1.57 bits per heavy atom. The summed E-state index contributed by atoms with van der Waals surface area (Å²) in [6.07, 6.45) is 4.94. The summed E-state index contributed by atoms with van der Waals surface area (Å²) in [6.45, 7) is 8.59. The van der Waals surface area contributed by atoms with Crippen LogP contribution in [0, 0.1) is 0 Å². The van der Waals surface area contributed by atoms with Crippen molar-refractivity contribution in [3.8, 4) is 0 Å². The summed E-state index contributed by atoms with van der Waals surface area (Å²) in [7, 11) is 0. The first-order chi connectivity index (χ1) is 11.0. The average molecular weight is 376 g/mol. The van der Waals surface area contributed by atoms with Crippen molar-refractivity contribution >= 4 is 46.2 Å². The molecule has 0 spiro atoms. The molecule has 0 aliphatic carbocycles. The van der Waals surface area contributed by atoms with E-state index in [4.69, 9.17) is 35.4 Å². The number of unbranched alkanes of at least 4 members (excludes halogenated alkanes) is 2. The molecule has 0 aliphatic rings. The zero-order valence-electron chi connectivity index (χ0n) is 14.0. The van der Waals surface area contributed by atoms with Crippen LogP contribution in [0.5, 0.6) is 0 Å². The van der Waals surface area contributed by atoms with Crippen molar-refractivity contribution in [3.63, 3.8) is 0 Å². The topological polar surface area (TPSA) is 27.3 Å². The summed E-state index contributed by atoms with van der Waals surface area (Å²) in [6, 6.07) is 5.30. The first-order valence-electron chi connectivity index (χ1n) is 8.28. The highest BCUT2D eigenvalue weighted by Gasteiger charge is 2.05. The highest BCUT2D eigenvalue weighted by molar-refractivity contribution is 7.80. The summed E-state index contributed by atoms with van der Waals surface area (Å²) in [4.78, 5) is 2.50. The van der Waals surface area contributed by atoms with E-state index in [-0.39, 0.29) is 0 Å². The maximum atomic E-state index is 5.98. The normalized spacial score (nSPS) is 10.8. The quantitative estimate of drug-likeness (QED) is 0.550. The molecule has 0 amide bonds. The molecule has 0 saturated carbocycles. The van der Waals surface area contributed by atoms with E-state index in [0.717, 1.165) is 31.9 Å². The molecule has 23 heavy (non-hydrogen) atoms. The van der Waals surface area contributed by atoms with Crippen molar-refractivity contribution in [2.75, 3.05) is 31.5 Å². The van der Waals surface area contributed by atoms with Gasteiger partial charge in [-0.25, -0.2) is 0 Å². The van der Waals surface area contributed by atoms with Gasteiger partial charge in [-0.1, -0.05) is 49.9 Å². The maximum absolute atomic E-state index is 5.98. The fourth-order valence-electron chi connectivity index (χ4n) is 2.23. The van der Waals surface area contributed by atoms with Crippen LogP contribution in [0.2, 0.25) is 10.0 Å². The first kappa shape index (κ1) is 20.5. The number of hydrogen-bond donors (Lipinski definition) is 2. The van der Waals surface area contributed by atoms with Crippen LogP contribution >= 0.6 is 35.4 Å². The third kappa shape index (κ3) is 9.36. The minimum Gasteiger partial charge on any atom is -0.361 e. The van der Waals surface area contributed by atoms with E-state index in [1.54, 1.807) is 18.2 Å². The molecule has 130 valence electrons. The number of thiocarbonyl (C=S) groups is 1. The van der Waals surface area contributed by atoms with Crippen LogP contribution in [0.1, 0.15) is 39.5 Å². The van der Waals surface area contributed by atoms with Gasteiger partial charge >= 0.3 is 0 Å². The van der Waals surface area contributed by atoms with Gasteiger partial charge in [0.25, 0.3) is 0 Å². The third-order valence-electron chi connectivity index (χ3n) is 3.49. The third-order valence-corrected chi connectivity index (χ3v) is 4.17. The Morgan fingerprint density at radius 1 is 1.00 bits per heavy atom. The lowest BCUT2D eigenvalue weighted by Crippen LogP contribution is -2.37. The predicted molar refractivity (Wildman–Crippen MR) is 107 cm³/mol. The lowest BCUT2D eigenvalue weighted by atomic mass is 10.2. The zero-order chi connectivity index (χ0) is 17.1. The van der Waals surface area contributed by atoms with E-state index in [0.29, 0.717) is 15.2 Å². The van der Waals surface area contributed by atoms with E-state index in [9.17, 15) is 0 Å². The van der Waals surface area contributed by atoms with Crippen LogP contribution in [-0.4, -0.2) is 36.2 Å². The molecular formula is C17H27Cl2N3S. The second kappa shape index (κ2) is 11.9. The molecule has 0 saturated heterocycles. The van der Waals surface area contributed by atoms with Crippen LogP contribution in [0.3, 0.4) is 0 Å². The Labute approximate surface area is 155 Å². The molecular weight excluding hydrogens is 349 g/mol. The Hall–Kier alpha value is -0.550. The van der Waals surface area contributed by atoms with Crippen molar-refractivity contribution in [2.45, 2.75) is 39.5 Å². The molecule has 1 aromatic carbocycles. The molecule has 0 radical (unpaired) electrons. The van der Waals surface area contributed by atoms with E-state index >= 15 is 0 Å². The predicted octanol–water partition coefficient (Wildman–Crippen LogP) is 5.18. The highest BCUT2D eigenvalue weighted by Crippen LogP contribution is 2.22. The zero-order valence-corrected chi connectivity index (χ0v) is 16.3. The maximum Gasteiger partial charge on any atom is 0.170 e. The van der Waals surface area contributed by atoms with E-state index in [1.807, 2.05) is 0 Å². The van der Waals surface area contributed by atoms with Gasteiger partial charge in [0.1, 0.15) is 0 Å². The monoisotopic (exact) mass is 375 g/mol. The summed E-state index contributed by atoms with van der Waals surface area (Å²) >= 11 is 17.3. The van der Waals surface area contributed by atoms with Gasteiger partial charge in [0.05, 0.1) is 0 Å². The van der Waals surface area contributed by atoms with Crippen molar-refractivity contribution < 1.29 is 0 Å². The highest BCUT2D eigenvalue weighted by atomic mass is 35.5. The summed E-state index contributed by atoms with van der Waals surface area (Å²) in [5, 5.41) is 8.14. The number of benzene rings is 1. The van der Waals surface area contributed by atoms with E-state index < -0.39 is 0 Å². The summed E-state index contributed by atoms with van der Waals surface area (Å²) in [5.74, 6) is 0. The van der Waals surface area contributed by atoms with Crippen LogP contribution < -0.4 is 10.6 Å². The van der Waals surface area contributed by atoms with Crippen molar-refractivity contribution in [1.82, 2.24) is 10.2 Å². The van der Waals surface area contributed by atoms with Crippen LogP contribution in [0.25, 0.3) is 0 Å². The fraction of sp³-hybridized carbons (Fsp3) is 0.588. The SMILES string of the molecule is CCCCN(CCCC)CCNC(=S)Nc1cc(Cl)cc(Cl)c1. The lowest BCUT2D eigenvalue weighted by Gasteiger charge is -2.22.